The smallest absolute Gasteiger partial charge is 0.260 e. The van der Waals surface area contributed by atoms with Crippen molar-refractivity contribution in [1.82, 2.24) is 4.90 Å². The number of carbonyl (C=O) groups excluding carboxylic acids is 1. The highest BCUT2D eigenvalue weighted by Crippen LogP contribution is 2.26. The van der Waals surface area contributed by atoms with Crippen LogP contribution < -0.4 is 10.5 Å². The monoisotopic (exact) mass is 288 g/mol. The van der Waals surface area contributed by atoms with Crippen LogP contribution in [0.2, 0.25) is 0 Å². The molecule has 1 aromatic rings. The number of nitrogens with zero attached hydrogens (tertiary/aromatic N) is 1. The highest BCUT2D eigenvalue weighted by molar-refractivity contribution is 5.78. The fourth-order valence-corrected chi connectivity index (χ4v) is 3.45. The lowest BCUT2D eigenvalue weighted by atomic mass is 9.99. The van der Waals surface area contributed by atoms with Gasteiger partial charge in [-0.1, -0.05) is 6.07 Å². The number of ether oxygens (including phenoxy) is 1. The Morgan fingerprint density at radius 3 is 3.00 bits per heavy atom. The number of fused-ring (bicyclic) bond motifs is 1. The zero-order valence-corrected chi connectivity index (χ0v) is 12.7. The zero-order chi connectivity index (χ0) is 14.8. The predicted molar refractivity (Wildman–Crippen MR) is 82.3 cm³/mol. The Morgan fingerprint density at radius 1 is 1.38 bits per heavy atom. The Bertz CT molecular complexity index is 530. The van der Waals surface area contributed by atoms with Gasteiger partial charge in [0, 0.05) is 18.6 Å². The van der Waals surface area contributed by atoms with Crippen molar-refractivity contribution in [2.45, 2.75) is 51.1 Å². The summed E-state index contributed by atoms with van der Waals surface area (Å²) < 4.78 is 5.70. The standard InChI is InChI=1S/C17H24N2O2/c1-12-9-15(18)7-8-19(12)17(20)11-21-16-6-5-13-3-2-4-14(13)10-16/h5-6,10,12,15H,2-4,7-9,11,18H2,1H3/t12-,15+/m0/s1. The molecule has 0 aromatic heterocycles. The molecule has 1 aromatic carbocycles. The summed E-state index contributed by atoms with van der Waals surface area (Å²) in [5.74, 6) is 0.875. The van der Waals surface area contributed by atoms with Gasteiger partial charge in [-0.25, -0.2) is 0 Å². The van der Waals surface area contributed by atoms with Crippen molar-refractivity contribution in [3.63, 3.8) is 0 Å². The van der Waals surface area contributed by atoms with Crippen molar-refractivity contribution in [2.75, 3.05) is 13.2 Å². The topological polar surface area (TPSA) is 55.6 Å². The number of hydrogen-bond acceptors (Lipinski definition) is 3. The van der Waals surface area contributed by atoms with Crippen molar-refractivity contribution >= 4 is 5.91 Å². The van der Waals surface area contributed by atoms with Crippen LogP contribution in [0.15, 0.2) is 18.2 Å². The van der Waals surface area contributed by atoms with Gasteiger partial charge in [-0.3, -0.25) is 4.79 Å². The molecule has 3 rings (SSSR count). The van der Waals surface area contributed by atoms with Crippen LogP contribution >= 0.6 is 0 Å². The molecule has 0 spiro atoms. The first kappa shape index (κ1) is 14.4. The van der Waals surface area contributed by atoms with Gasteiger partial charge in [-0.05, 0) is 62.3 Å². The maximum Gasteiger partial charge on any atom is 0.260 e. The van der Waals surface area contributed by atoms with Gasteiger partial charge in [-0.2, -0.15) is 0 Å². The van der Waals surface area contributed by atoms with E-state index in [9.17, 15) is 4.79 Å². The molecule has 1 amide bonds. The van der Waals surface area contributed by atoms with Gasteiger partial charge in [0.15, 0.2) is 6.61 Å². The quantitative estimate of drug-likeness (QED) is 0.924. The first-order valence-corrected chi connectivity index (χ1v) is 7.93. The predicted octanol–water partition coefficient (Wildman–Crippen LogP) is 1.89. The normalized spacial score (nSPS) is 24.8. The minimum absolute atomic E-state index is 0.0647. The number of nitrogens with two attached hydrogens (primary N) is 1. The van der Waals surface area contributed by atoms with Crippen LogP contribution in [-0.4, -0.2) is 36.0 Å². The maximum atomic E-state index is 12.3. The minimum Gasteiger partial charge on any atom is -0.484 e. The molecule has 21 heavy (non-hydrogen) atoms. The van der Waals surface area contributed by atoms with Crippen molar-refractivity contribution in [1.29, 1.82) is 0 Å². The van der Waals surface area contributed by atoms with E-state index in [1.165, 1.54) is 24.0 Å². The van der Waals surface area contributed by atoms with E-state index < -0.39 is 0 Å². The van der Waals surface area contributed by atoms with Gasteiger partial charge in [0.1, 0.15) is 5.75 Å². The van der Waals surface area contributed by atoms with E-state index in [0.29, 0.717) is 0 Å². The fourth-order valence-electron chi connectivity index (χ4n) is 3.45. The number of rotatable bonds is 3. The van der Waals surface area contributed by atoms with Gasteiger partial charge in [0.2, 0.25) is 0 Å². The highest BCUT2D eigenvalue weighted by Gasteiger charge is 2.27. The number of amides is 1. The highest BCUT2D eigenvalue weighted by atomic mass is 16.5. The molecule has 1 heterocycles. The van der Waals surface area contributed by atoms with Crippen molar-refractivity contribution in [3.05, 3.63) is 29.3 Å². The molecule has 4 heteroatoms. The van der Waals surface area contributed by atoms with Crippen LogP contribution in [0.1, 0.15) is 37.3 Å². The van der Waals surface area contributed by atoms with Crippen LogP contribution in [0.4, 0.5) is 0 Å². The lowest BCUT2D eigenvalue weighted by molar-refractivity contribution is -0.136. The summed E-state index contributed by atoms with van der Waals surface area (Å²) in [6.07, 6.45) is 5.28. The second-order valence-corrected chi connectivity index (χ2v) is 6.29. The molecule has 2 atom stereocenters. The molecule has 114 valence electrons. The van der Waals surface area contributed by atoms with E-state index in [0.717, 1.165) is 31.6 Å². The number of likely N-dealkylation sites (tertiary alicyclic amines) is 1. The Balaban J connectivity index is 1.56. The molecule has 0 saturated carbocycles. The summed E-state index contributed by atoms with van der Waals surface area (Å²) in [7, 11) is 0. The van der Waals surface area contributed by atoms with Gasteiger partial charge < -0.3 is 15.4 Å². The Morgan fingerprint density at radius 2 is 2.19 bits per heavy atom. The van der Waals surface area contributed by atoms with Crippen LogP contribution in [0.3, 0.4) is 0 Å². The van der Waals surface area contributed by atoms with E-state index in [2.05, 4.69) is 19.1 Å². The van der Waals surface area contributed by atoms with Crippen LogP contribution in [0.5, 0.6) is 5.75 Å². The van der Waals surface area contributed by atoms with E-state index in [4.69, 9.17) is 10.5 Å². The zero-order valence-electron chi connectivity index (χ0n) is 12.7. The second-order valence-electron chi connectivity index (χ2n) is 6.29. The van der Waals surface area contributed by atoms with Crippen LogP contribution in [-0.2, 0) is 17.6 Å². The van der Waals surface area contributed by atoms with Crippen LogP contribution in [0.25, 0.3) is 0 Å². The Hall–Kier alpha value is -1.55. The number of hydrogen-bond donors (Lipinski definition) is 1. The average molecular weight is 288 g/mol. The second kappa shape index (κ2) is 6.06. The third kappa shape index (κ3) is 3.21. The van der Waals surface area contributed by atoms with Crippen molar-refractivity contribution in [2.24, 2.45) is 5.73 Å². The summed E-state index contributed by atoms with van der Waals surface area (Å²) >= 11 is 0. The summed E-state index contributed by atoms with van der Waals surface area (Å²) in [5.41, 5.74) is 8.73. The van der Waals surface area contributed by atoms with Crippen molar-refractivity contribution < 1.29 is 9.53 Å². The lowest BCUT2D eigenvalue weighted by Crippen LogP contribution is -2.49. The molecule has 1 fully saturated rings. The molecule has 4 nitrogen and oxygen atoms in total. The first-order valence-electron chi connectivity index (χ1n) is 7.93. The van der Waals surface area contributed by atoms with E-state index >= 15 is 0 Å². The number of carbonyl (C=O) groups is 1. The number of piperidine rings is 1. The first-order chi connectivity index (χ1) is 10.1. The van der Waals surface area contributed by atoms with Gasteiger partial charge in [0.05, 0.1) is 0 Å². The summed E-state index contributed by atoms with van der Waals surface area (Å²) in [4.78, 5) is 14.2. The maximum absolute atomic E-state index is 12.3. The van der Waals surface area contributed by atoms with E-state index in [1.807, 2.05) is 11.0 Å². The molecule has 2 aliphatic rings. The molecule has 0 radical (unpaired) electrons. The third-order valence-corrected chi connectivity index (χ3v) is 4.67. The third-order valence-electron chi connectivity index (χ3n) is 4.67. The summed E-state index contributed by atoms with van der Waals surface area (Å²) in [6, 6.07) is 6.63. The van der Waals surface area contributed by atoms with Crippen molar-refractivity contribution in [3.8, 4) is 5.75 Å². The lowest BCUT2D eigenvalue weighted by Gasteiger charge is -2.36. The fraction of sp³-hybridized carbons (Fsp3) is 0.588. The Labute approximate surface area is 126 Å². The molecule has 1 saturated heterocycles. The average Bonchev–Trinajstić information content (AvgIpc) is 2.92. The molecule has 2 N–H and O–H groups in total. The molecule has 1 aliphatic carbocycles. The molecule has 0 bridgehead atoms. The molecule has 1 aliphatic heterocycles. The van der Waals surface area contributed by atoms with Gasteiger partial charge in [-0.15, -0.1) is 0 Å². The summed E-state index contributed by atoms with van der Waals surface area (Å²) in [5, 5.41) is 0. The Kier molecular flexibility index (Phi) is 4.15. The number of aryl methyl sites for hydroxylation is 2. The van der Waals surface area contributed by atoms with Gasteiger partial charge in [0.25, 0.3) is 5.91 Å². The van der Waals surface area contributed by atoms with Gasteiger partial charge >= 0.3 is 0 Å². The number of benzene rings is 1. The van der Waals surface area contributed by atoms with E-state index in [1.54, 1.807) is 0 Å². The molecule has 0 unspecified atom stereocenters. The largest absolute Gasteiger partial charge is 0.484 e. The van der Waals surface area contributed by atoms with Crippen LogP contribution in [0, 0.1) is 0 Å². The van der Waals surface area contributed by atoms with E-state index in [-0.39, 0.29) is 24.6 Å². The summed E-state index contributed by atoms with van der Waals surface area (Å²) in [6.45, 7) is 2.93. The molecular formula is C17H24N2O2. The molecular weight excluding hydrogens is 264 g/mol. The minimum atomic E-state index is 0.0647. The SMILES string of the molecule is C[C@H]1C[C@H](N)CCN1C(=O)COc1ccc2c(c1)CCC2.